The van der Waals surface area contributed by atoms with Gasteiger partial charge in [0, 0.05) is 11.8 Å². The van der Waals surface area contributed by atoms with Crippen molar-refractivity contribution in [3.8, 4) is 0 Å². The van der Waals surface area contributed by atoms with Gasteiger partial charge in [0.2, 0.25) is 11.8 Å². The minimum atomic E-state index is -1.01. The van der Waals surface area contributed by atoms with Crippen LogP contribution in [0.4, 0.5) is 4.79 Å². The maximum Gasteiger partial charge on any atom is 0.408 e. The molecule has 1 aromatic carbocycles. The highest BCUT2D eigenvalue weighted by Crippen LogP contribution is 2.41. The van der Waals surface area contributed by atoms with Crippen molar-refractivity contribution in [2.24, 2.45) is 5.92 Å². The van der Waals surface area contributed by atoms with Gasteiger partial charge in [-0.2, -0.15) is 12.6 Å². The fourth-order valence-corrected chi connectivity index (χ4v) is 4.03. The van der Waals surface area contributed by atoms with Crippen molar-refractivity contribution in [3.63, 3.8) is 0 Å². The number of amides is 3. The molecule has 2 rings (SSSR count). The van der Waals surface area contributed by atoms with E-state index < -0.39 is 41.6 Å². The van der Waals surface area contributed by atoms with Crippen LogP contribution in [0.25, 0.3) is 0 Å². The standard InChI is InChI=1S/C25H37N3O6S/c1-14-8-9-15(2)17(10-14)21(22(30)26-12-20(29)33-7)28(19-11-16(19)3)23(31)18(13-35)27-24(32)34-25(4,5)6/h8-10,16,18-19,21,35H,11-13H2,1-7H3,(H,26,30)(H,27,32). The van der Waals surface area contributed by atoms with Crippen molar-refractivity contribution in [1.82, 2.24) is 15.5 Å². The normalized spacial score (nSPS) is 18.6. The van der Waals surface area contributed by atoms with Crippen LogP contribution in [-0.4, -0.2) is 65.9 Å². The van der Waals surface area contributed by atoms with Gasteiger partial charge in [-0.1, -0.05) is 30.7 Å². The van der Waals surface area contributed by atoms with Crippen molar-refractivity contribution in [2.75, 3.05) is 19.4 Å². The Morgan fingerprint density at radius 1 is 1.20 bits per heavy atom. The average Bonchev–Trinajstić information content (AvgIpc) is 3.49. The first kappa shape index (κ1) is 28.5. The lowest BCUT2D eigenvalue weighted by atomic mass is 9.96. The summed E-state index contributed by atoms with van der Waals surface area (Å²) < 4.78 is 9.96. The fraction of sp³-hybridized carbons (Fsp3) is 0.600. The molecule has 0 saturated heterocycles. The van der Waals surface area contributed by atoms with Crippen molar-refractivity contribution >= 4 is 36.5 Å². The zero-order valence-electron chi connectivity index (χ0n) is 21.5. The number of esters is 1. The van der Waals surface area contributed by atoms with Gasteiger partial charge < -0.3 is 25.0 Å². The summed E-state index contributed by atoms with van der Waals surface area (Å²) in [6.07, 6.45) is -0.0320. The molecular weight excluding hydrogens is 470 g/mol. The minimum Gasteiger partial charge on any atom is -0.468 e. The molecule has 10 heteroatoms. The number of methoxy groups -OCH3 is 1. The summed E-state index contributed by atoms with van der Waals surface area (Å²) in [6, 6.07) is 3.45. The van der Waals surface area contributed by atoms with Crippen LogP contribution in [0, 0.1) is 19.8 Å². The lowest BCUT2D eigenvalue weighted by Crippen LogP contribution is -2.55. The summed E-state index contributed by atoms with van der Waals surface area (Å²) in [5, 5.41) is 5.20. The summed E-state index contributed by atoms with van der Waals surface area (Å²) in [5.41, 5.74) is 1.65. The number of aryl methyl sites for hydroxylation is 2. The molecule has 0 aromatic heterocycles. The quantitative estimate of drug-likeness (QED) is 0.350. The van der Waals surface area contributed by atoms with E-state index in [1.54, 1.807) is 20.8 Å². The molecule has 9 nitrogen and oxygen atoms in total. The lowest BCUT2D eigenvalue weighted by molar-refractivity contribution is -0.145. The maximum atomic E-state index is 13.8. The predicted molar refractivity (Wildman–Crippen MR) is 135 cm³/mol. The second kappa shape index (κ2) is 11.8. The van der Waals surface area contributed by atoms with Crippen LogP contribution in [0.3, 0.4) is 0 Å². The number of hydrogen-bond donors (Lipinski definition) is 3. The lowest BCUT2D eigenvalue weighted by Gasteiger charge is -2.35. The summed E-state index contributed by atoms with van der Waals surface area (Å²) in [4.78, 5) is 53.0. The highest BCUT2D eigenvalue weighted by atomic mass is 32.1. The SMILES string of the molecule is COC(=O)CNC(=O)C(c1cc(C)ccc1C)N(C(=O)C(CS)NC(=O)OC(C)(C)C)C1CC1C. The smallest absolute Gasteiger partial charge is 0.408 e. The zero-order valence-corrected chi connectivity index (χ0v) is 22.4. The first-order chi connectivity index (χ1) is 16.3. The van der Waals surface area contributed by atoms with Crippen LogP contribution in [0.2, 0.25) is 0 Å². The summed E-state index contributed by atoms with van der Waals surface area (Å²) in [6.45, 7) is 10.6. The van der Waals surface area contributed by atoms with Crippen LogP contribution < -0.4 is 10.6 Å². The van der Waals surface area contributed by atoms with Crippen molar-refractivity contribution in [1.29, 1.82) is 0 Å². The summed E-state index contributed by atoms with van der Waals surface area (Å²) >= 11 is 4.29. The largest absolute Gasteiger partial charge is 0.468 e. The molecule has 194 valence electrons. The Hall–Kier alpha value is -2.75. The molecule has 4 unspecified atom stereocenters. The summed E-state index contributed by atoms with van der Waals surface area (Å²) in [5.74, 6) is -1.37. The molecule has 1 aromatic rings. The Bertz CT molecular complexity index is 961. The number of thiol groups is 1. The highest BCUT2D eigenvalue weighted by Gasteiger charge is 2.48. The van der Waals surface area contributed by atoms with Gasteiger partial charge in [-0.25, -0.2) is 4.79 Å². The van der Waals surface area contributed by atoms with E-state index in [0.717, 1.165) is 11.1 Å². The van der Waals surface area contributed by atoms with E-state index in [2.05, 4.69) is 28.0 Å². The van der Waals surface area contributed by atoms with Gasteiger partial charge >= 0.3 is 12.1 Å². The molecule has 3 amide bonds. The minimum absolute atomic E-state index is 0.0129. The number of ether oxygens (including phenoxy) is 2. The maximum absolute atomic E-state index is 13.8. The number of benzene rings is 1. The third-order valence-corrected chi connectivity index (χ3v) is 6.11. The molecule has 1 aliphatic carbocycles. The molecule has 0 radical (unpaired) electrons. The van der Waals surface area contributed by atoms with Gasteiger partial charge in [-0.3, -0.25) is 14.4 Å². The first-order valence-electron chi connectivity index (χ1n) is 11.6. The van der Waals surface area contributed by atoms with Crippen molar-refractivity contribution in [3.05, 3.63) is 34.9 Å². The molecule has 1 saturated carbocycles. The molecule has 0 bridgehead atoms. The van der Waals surface area contributed by atoms with Gasteiger partial charge in [0.05, 0.1) is 7.11 Å². The molecular formula is C25H37N3O6S. The first-order valence-corrected chi connectivity index (χ1v) is 12.3. The molecule has 0 spiro atoms. The second-order valence-electron chi connectivity index (χ2n) is 9.96. The third-order valence-electron chi connectivity index (χ3n) is 5.74. The average molecular weight is 508 g/mol. The van der Waals surface area contributed by atoms with E-state index in [9.17, 15) is 19.2 Å². The van der Waals surface area contributed by atoms with Crippen LogP contribution in [-0.2, 0) is 23.9 Å². The van der Waals surface area contributed by atoms with Crippen LogP contribution in [0.1, 0.15) is 56.8 Å². The topological polar surface area (TPSA) is 114 Å². The van der Waals surface area contributed by atoms with Crippen molar-refractivity contribution < 1.29 is 28.7 Å². The number of rotatable bonds is 9. The van der Waals surface area contributed by atoms with Crippen molar-refractivity contribution in [2.45, 2.75) is 71.7 Å². The number of carbonyl (C=O) groups excluding carboxylic acids is 4. The monoisotopic (exact) mass is 507 g/mol. The van der Waals surface area contributed by atoms with Gasteiger partial charge in [0.15, 0.2) is 0 Å². The third kappa shape index (κ3) is 7.88. The molecule has 0 heterocycles. The van der Waals surface area contributed by atoms with Crippen LogP contribution in [0.15, 0.2) is 18.2 Å². The number of carbonyl (C=O) groups is 4. The van der Waals surface area contributed by atoms with E-state index >= 15 is 0 Å². The molecule has 2 N–H and O–H groups in total. The van der Waals surface area contributed by atoms with Crippen LogP contribution >= 0.6 is 12.6 Å². The zero-order chi connectivity index (χ0) is 26.5. The Morgan fingerprint density at radius 2 is 1.83 bits per heavy atom. The number of hydrogen-bond acceptors (Lipinski definition) is 7. The molecule has 4 atom stereocenters. The molecule has 1 fully saturated rings. The Kier molecular flexibility index (Phi) is 9.60. The molecule has 35 heavy (non-hydrogen) atoms. The van der Waals surface area contributed by atoms with Gasteiger partial charge in [-0.15, -0.1) is 0 Å². The Balaban J connectivity index is 2.47. The highest BCUT2D eigenvalue weighted by molar-refractivity contribution is 7.80. The fourth-order valence-electron chi connectivity index (χ4n) is 3.79. The predicted octanol–water partition coefficient (Wildman–Crippen LogP) is 2.69. The summed E-state index contributed by atoms with van der Waals surface area (Å²) in [7, 11) is 1.23. The second-order valence-corrected chi connectivity index (χ2v) is 10.3. The van der Waals surface area contributed by atoms with Gasteiger partial charge in [-0.05, 0) is 58.1 Å². The van der Waals surface area contributed by atoms with E-state index in [1.807, 2.05) is 39.0 Å². The van der Waals surface area contributed by atoms with Gasteiger partial charge in [0.1, 0.15) is 24.2 Å². The van der Waals surface area contributed by atoms with Crippen LogP contribution in [0.5, 0.6) is 0 Å². The van der Waals surface area contributed by atoms with E-state index in [0.29, 0.717) is 12.0 Å². The number of nitrogens with zero attached hydrogens (tertiary/aromatic N) is 1. The molecule has 1 aliphatic rings. The van der Waals surface area contributed by atoms with E-state index in [4.69, 9.17) is 4.74 Å². The number of alkyl carbamates (subject to hydrolysis) is 1. The Labute approximate surface area is 212 Å². The van der Waals surface area contributed by atoms with E-state index in [1.165, 1.54) is 12.0 Å². The Morgan fingerprint density at radius 3 is 2.34 bits per heavy atom. The van der Waals surface area contributed by atoms with E-state index in [-0.39, 0.29) is 24.3 Å². The molecule has 0 aliphatic heterocycles. The van der Waals surface area contributed by atoms with Gasteiger partial charge in [0.25, 0.3) is 0 Å². The number of nitrogens with one attached hydrogen (secondary N) is 2.